The van der Waals surface area contributed by atoms with Gasteiger partial charge in [-0.1, -0.05) is 54.6 Å². The lowest BCUT2D eigenvalue weighted by Gasteiger charge is -2.21. The number of nitrogens with one attached hydrogen (secondary N) is 1. The Morgan fingerprint density at radius 3 is 2.54 bits per heavy atom. The van der Waals surface area contributed by atoms with Crippen molar-refractivity contribution < 1.29 is 0 Å². The third-order valence-corrected chi connectivity index (χ3v) is 5.39. The Bertz CT molecular complexity index is 1200. The van der Waals surface area contributed by atoms with Crippen molar-refractivity contribution in [1.82, 2.24) is 4.98 Å². The summed E-state index contributed by atoms with van der Waals surface area (Å²) in [6.45, 7) is 3.79. The molecule has 0 fully saturated rings. The fraction of sp³-hybridized carbons (Fsp3) is 0.120. The molecule has 5 rings (SSSR count). The maximum atomic E-state index is 3.52. The summed E-state index contributed by atoms with van der Waals surface area (Å²) in [5.41, 5.74) is 6.15. The van der Waals surface area contributed by atoms with Gasteiger partial charge in [0.1, 0.15) is 0 Å². The number of nitrogens with zero attached hydrogens (tertiary/aromatic N) is 2. The van der Waals surface area contributed by atoms with Gasteiger partial charge in [-0.2, -0.15) is 0 Å². The van der Waals surface area contributed by atoms with E-state index in [1.165, 1.54) is 38.9 Å². The molecule has 0 amide bonds. The summed E-state index contributed by atoms with van der Waals surface area (Å²) in [5, 5.41) is 2.55. The molecule has 2 heterocycles. The molecule has 28 heavy (non-hydrogen) atoms. The Labute approximate surface area is 165 Å². The molecule has 1 aromatic heterocycles. The molecule has 1 aliphatic rings. The summed E-state index contributed by atoms with van der Waals surface area (Å²) in [6.07, 6.45) is 8.45. The average molecular weight is 365 g/mol. The molecule has 1 aliphatic heterocycles. The van der Waals surface area contributed by atoms with Gasteiger partial charge >= 0.3 is 0 Å². The number of aromatic nitrogens is 1. The van der Waals surface area contributed by atoms with Crippen LogP contribution in [0.25, 0.3) is 21.8 Å². The van der Waals surface area contributed by atoms with Gasteiger partial charge in [-0.15, -0.1) is 0 Å². The minimum Gasteiger partial charge on any atom is -0.355 e. The van der Waals surface area contributed by atoms with Crippen LogP contribution in [0.2, 0.25) is 0 Å². The van der Waals surface area contributed by atoms with Crippen LogP contribution in [0, 0.1) is 0 Å². The third-order valence-electron chi connectivity index (χ3n) is 5.39. The Balaban J connectivity index is 1.54. The first-order chi connectivity index (χ1) is 13.8. The quantitative estimate of drug-likeness (QED) is 0.425. The molecular formula is C25H23N3. The number of anilines is 3. The fourth-order valence-electron chi connectivity index (χ4n) is 4.04. The Hall–Kier alpha value is -3.46. The average Bonchev–Trinajstić information content (AvgIpc) is 3.29. The lowest BCUT2D eigenvalue weighted by Crippen LogP contribution is -2.27. The first kappa shape index (κ1) is 16.7. The largest absolute Gasteiger partial charge is 0.355 e. The van der Waals surface area contributed by atoms with E-state index in [4.69, 9.17) is 0 Å². The highest BCUT2D eigenvalue weighted by Crippen LogP contribution is 2.41. The molecule has 3 heteroatoms. The highest BCUT2D eigenvalue weighted by molar-refractivity contribution is 6.08. The molecule has 0 unspecified atom stereocenters. The monoisotopic (exact) mass is 365 g/mol. The van der Waals surface area contributed by atoms with E-state index in [0.29, 0.717) is 0 Å². The van der Waals surface area contributed by atoms with E-state index < -0.39 is 0 Å². The van der Waals surface area contributed by atoms with Gasteiger partial charge in [-0.05, 0) is 43.3 Å². The van der Waals surface area contributed by atoms with E-state index in [1.807, 2.05) is 6.92 Å². The molecular weight excluding hydrogens is 342 g/mol. The van der Waals surface area contributed by atoms with Crippen LogP contribution < -0.4 is 9.80 Å². The number of H-pyrrole nitrogens is 1. The van der Waals surface area contributed by atoms with Gasteiger partial charge in [0.15, 0.2) is 0 Å². The molecule has 0 saturated carbocycles. The second-order valence-corrected chi connectivity index (χ2v) is 7.13. The molecule has 0 aliphatic carbocycles. The molecule has 3 aromatic carbocycles. The van der Waals surface area contributed by atoms with Gasteiger partial charge in [0.25, 0.3) is 0 Å². The number of fused-ring (bicyclic) bond motifs is 4. The number of rotatable bonds is 4. The molecule has 3 nitrogen and oxygen atoms in total. The zero-order valence-electron chi connectivity index (χ0n) is 16.0. The van der Waals surface area contributed by atoms with Crippen molar-refractivity contribution in [2.45, 2.75) is 6.92 Å². The van der Waals surface area contributed by atoms with Crippen LogP contribution in [0.5, 0.6) is 0 Å². The number of hydrogen-bond donors (Lipinski definition) is 1. The fourth-order valence-corrected chi connectivity index (χ4v) is 4.04. The summed E-state index contributed by atoms with van der Waals surface area (Å²) in [7, 11) is 0. The first-order valence-corrected chi connectivity index (χ1v) is 9.75. The Morgan fingerprint density at radius 1 is 0.857 bits per heavy atom. The van der Waals surface area contributed by atoms with Crippen molar-refractivity contribution in [3.8, 4) is 0 Å². The van der Waals surface area contributed by atoms with Crippen molar-refractivity contribution in [2.24, 2.45) is 0 Å². The third kappa shape index (κ3) is 2.76. The van der Waals surface area contributed by atoms with Gasteiger partial charge in [-0.3, -0.25) is 0 Å². The SMILES string of the molecule is C/C=C\C=C/CN1CN(c2ccc3[nH]c4ccccc4c3c2)c2ccccc21. The minimum atomic E-state index is 0.855. The zero-order valence-corrected chi connectivity index (χ0v) is 16.0. The van der Waals surface area contributed by atoms with E-state index in [1.54, 1.807) is 0 Å². The van der Waals surface area contributed by atoms with Crippen LogP contribution in [0.1, 0.15) is 6.92 Å². The lowest BCUT2D eigenvalue weighted by molar-refractivity contribution is 0.900. The van der Waals surface area contributed by atoms with Crippen molar-refractivity contribution >= 4 is 38.9 Å². The zero-order chi connectivity index (χ0) is 18.9. The summed E-state index contributed by atoms with van der Waals surface area (Å²) in [4.78, 5) is 8.33. The summed E-state index contributed by atoms with van der Waals surface area (Å²) in [6, 6.07) is 23.9. The molecule has 0 saturated heterocycles. The van der Waals surface area contributed by atoms with Crippen molar-refractivity contribution in [1.29, 1.82) is 0 Å². The molecule has 0 radical (unpaired) electrons. The van der Waals surface area contributed by atoms with Crippen LogP contribution in [0.15, 0.2) is 91.0 Å². The van der Waals surface area contributed by atoms with Gasteiger partial charge < -0.3 is 14.8 Å². The van der Waals surface area contributed by atoms with Crippen LogP contribution >= 0.6 is 0 Å². The van der Waals surface area contributed by atoms with E-state index in [0.717, 1.165) is 13.2 Å². The number of allylic oxidation sites excluding steroid dienone is 3. The number of aromatic amines is 1. The van der Waals surface area contributed by atoms with Crippen LogP contribution in [-0.4, -0.2) is 18.2 Å². The van der Waals surface area contributed by atoms with Gasteiger partial charge in [0, 0.05) is 34.0 Å². The highest BCUT2D eigenvalue weighted by atomic mass is 15.4. The Kier molecular flexibility index (Phi) is 4.13. The normalized spacial score (nSPS) is 14.2. The van der Waals surface area contributed by atoms with Crippen LogP contribution in [-0.2, 0) is 0 Å². The molecule has 0 spiro atoms. The van der Waals surface area contributed by atoms with Gasteiger partial charge in [0.05, 0.1) is 18.0 Å². The summed E-state index contributed by atoms with van der Waals surface area (Å²) >= 11 is 0. The van der Waals surface area contributed by atoms with Crippen molar-refractivity contribution in [3.05, 3.63) is 91.0 Å². The smallest absolute Gasteiger partial charge is 0.0956 e. The number of benzene rings is 3. The number of hydrogen-bond acceptors (Lipinski definition) is 2. The molecule has 1 N–H and O–H groups in total. The molecule has 0 atom stereocenters. The molecule has 0 bridgehead atoms. The molecule has 4 aromatic rings. The maximum absolute atomic E-state index is 3.52. The van der Waals surface area contributed by atoms with Crippen LogP contribution in [0.3, 0.4) is 0 Å². The topological polar surface area (TPSA) is 22.3 Å². The summed E-state index contributed by atoms with van der Waals surface area (Å²) in [5.74, 6) is 0. The summed E-state index contributed by atoms with van der Waals surface area (Å²) < 4.78 is 0. The Morgan fingerprint density at radius 2 is 1.64 bits per heavy atom. The maximum Gasteiger partial charge on any atom is 0.0956 e. The van der Waals surface area contributed by atoms with Crippen molar-refractivity contribution in [2.75, 3.05) is 23.0 Å². The van der Waals surface area contributed by atoms with Gasteiger partial charge in [0.2, 0.25) is 0 Å². The standard InChI is InChI=1S/C25H23N3/c1-2-3-4-9-16-27-18-28(25-13-8-7-12-24(25)27)19-14-15-23-21(17-19)20-10-5-6-11-22(20)26-23/h2-15,17,26H,16,18H2,1H3/b3-2-,9-4-. The number of para-hydroxylation sites is 3. The predicted octanol–water partition coefficient (Wildman–Crippen LogP) is 6.37. The van der Waals surface area contributed by atoms with Gasteiger partial charge in [-0.25, -0.2) is 0 Å². The van der Waals surface area contributed by atoms with E-state index >= 15 is 0 Å². The molecule has 138 valence electrons. The van der Waals surface area contributed by atoms with E-state index in [-0.39, 0.29) is 0 Å². The van der Waals surface area contributed by atoms with E-state index in [2.05, 4.69) is 106 Å². The first-order valence-electron chi connectivity index (χ1n) is 9.75. The predicted molar refractivity (Wildman–Crippen MR) is 121 cm³/mol. The van der Waals surface area contributed by atoms with E-state index in [9.17, 15) is 0 Å². The second-order valence-electron chi connectivity index (χ2n) is 7.13. The van der Waals surface area contributed by atoms with Crippen LogP contribution in [0.4, 0.5) is 17.1 Å². The second kappa shape index (κ2) is 6.93. The lowest BCUT2D eigenvalue weighted by atomic mass is 10.1. The minimum absolute atomic E-state index is 0.855. The highest BCUT2D eigenvalue weighted by Gasteiger charge is 2.26. The van der Waals surface area contributed by atoms with Crippen molar-refractivity contribution in [3.63, 3.8) is 0 Å².